The minimum atomic E-state index is -0.178. The van der Waals surface area contributed by atoms with E-state index in [9.17, 15) is 4.79 Å². The molecular weight excluding hydrogens is 509 g/mol. The summed E-state index contributed by atoms with van der Waals surface area (Å²) in [6, 6.07) is 8.88. The maximum absolute atomic E-state index is 12.0. The Morgan fingerprint density at radius 2 is 2.00 bits per heavy atom. The van der Waals surface area contributed by atoms with Crippen molar-refractivity contribution in [1.29, 1.82) is 0 Å². The van der Waals surface area contributed by atoms with Gasteiger partial charge < -0.3 is 14.2 Å². The number of ether oxygens (including phenoxy) is 3. The van der Waals surface area contributed by atoms with Crippen molar-refractivity contribution in [1.82, 2.24) is 10.3 Å². The van der Waals surface area contributed by atoms with E-state index in [1.807, 2.05) is 11.0 Å². The van der Waals surface area contributed by atoms with Crippen LogP contribution in [0.2, 0.25) is 10.0 Å². The number of hydrazone groups is 1. The molecule has 2 aromatic carbocycles. The van der Waals surface area contributed by atoms with Gasteiger partial charge in [-0.1, -0.05) is 29.3 Å². The number of rotatable bonds is 8. The second kappa shape index (κ2) is 11.7. The third-order valence-corrected chi connectivity index (χ3v) is 5.95. The quantitative estimate of drug-likeness (QED) is 0.410. The van der Waals surface area contributed by atoms with Crippen molar-refractivity contribution in [2.45, 2.75) is 6.61 Å². The average Bonchev–Trinajstić information content (AvgIpc) is 2.76. The molecule has 166 valence electrons. The number of halogens is 3. The second-order valence-electron chi connectivity index (χ2n) is 6.74. The molecule has 31 heavy (non-hydrogen) atoms. The third-order valence-electron chi connectivity index (χ3n) is 4.53. The van der Waals surface area contributed by atoms with Gasteiger partial charge >= 0.3 is 0 Å². The van der Waals surface area contributed by atoms with Crippen molar-refractivity contribution < 1.29 is 19.0 Å². The van der Waals surface area contributed by atoms with Gasteiger partial charge in [-0.25, -0.2) is 5.43 Å². The molecule has 10 heteroatoms. The summed E-state index contributed by atoms with van der Waals surface area (Å²) < 4.78 is 17.3. The summed E-state index contributed by atoms with van der Waals surface area (Å²) in [5, 5.41) is 5.01. The molecule has 1 N–H and O–H groups in total. The average molecular weight is 531 g/mol. The molecule has 7 nitrogen and oxygen atoms in total. The fraction of sp³-hybridized carbons (Fsp3) is 0.333. The fourth-order valence-corrected chi connectivity index (χ4v) is 3.63. The normalized spacial score (nSPS) is 14.6. The first-order valence-electron chi connectivity index (χ1n) is 9.52. The van der Waals surface area contributed by atoms with Crippen LogP contribution in [0.1, 0.15) is 11.1 Å². The number of carbonyl (C=O) groups excluding carboxylic acids is 1. The second-order valence-corrected chi connectivity index (χ2v) is 8.41. The predicted octanol–water partition coefficient (Wildman–Crippen LogP) is 4.13. The van der Waals surface area contributed by atoms with Crippen molar-refractivity contribution in [2.24, 2.45) is 5.10 Å². The molecule has 1 aliphatic heterocycles. The number of amides is 1. The molecule has 1 saturated heterocycles. The lowest BCUT2D eigenvalue weighted by Gasteiger charge is -2.25. The molecule has 0 bridgehead atoms. The van der Waals surface area contributed by atoms with Crippen LogP contribution >= 0.6 is 39.1 Å². The third kappa shape index (κ3) is 7.08. The molecule has 1 amide bonds. The van der Waals surface area contributed by atoms with E-state index in [4.69, 9.17) is 37.4 Å². The summed E-state index contributed by atoms with van der Waals surface area (Å²) in [6.45, 7) is 3.34. The molecular formula is C21H22BrCl2N3O4. The summed E-state index contributed by atoms with van der Waals surface area (Å²) in [5.41, 5.74) is 4.15. The fourth-order valence-electron chi connectivity index (χ4n) is 2.88. The number of methoxy groups -OCH3 is 1. The summed E-state index contributed by atoms with van der Waals surface area (Å²) in [6.07, 6.45) is 1.55. The van der Waals surface area contributed by atoms with Gasteiger partial charge in [0.05, 0.1) is 43.1 Å². The molecule has 0 radical (unpaired) electrons. The molecule has 1 aliphatic rings. The standard InChI is InChI=1S/C21H22BrCl2N3O4/c1-29-19-9-15(11-25-26-21(28)12-27-4-6-30-7-5-27)16(22)10-20(19)31-13-14-2-3-17(23)18(24)8-14/h2-3,8-11H,4-7,12-13H2,1H3,(H,26,28)/b25-11-. The van der Waals surface area contributed by atoms with Gasteiger partial charge in [-0.15, -0.1) is 0 Å². The van der Waals surface area contributed by atoms with Gasteiger partial charge in [0, 0.05) is 23.1 Å². The van der Waals surface area contributed by atoms with Crippen LogP contribution in [0.5, 0.6) is 11.5 Å². The van der Waals surface area contributed by atoms with E-state index in [0.717, 1.165) is 28.7 Å². The van der Waals surface area contributed by atoms with E-state index in [0.29, 0.717) is 41.4 Å². The first kappa shape index (κ1) is 23.8. The Morgan fingerprint density at radius 1 is 1.23 bits per heavy atom. The molecule has 3 rings (SSSR count). The van der Waals surface area contributed by atoms with E-state index >= 15 is 0 Å². The lowest BCUT2D eigenvalue weighted by Crippen LogP contribution is -2.42. The highest BCUT2D eigenvalue weighted by atomic mass is 79.9. The van der Waals surface area contributed by atoms with E-state index in [2.05, 4.69) is 26.5 Å². The first-order valence-corrected chi connectivity index (χ1v) is 11.1. The van der Waals surface area contributed by atoms with Gasteiger partial charge in [-0.2, -0.15) is 5.10 Å². The minimum Gasteiger partial charge on any atom is -0.493 e. The van der Waals surface area contributed by atoms with Crippen molar-refractivity contribution in [3.05, 3.63) is 56.0 Å². The van der Waals surface area contributed by atoms with Crippen molar-refractivity contribution in [3.63, 3.8) is 0 Å². The van der Waals surface area contributed by atoms with Gasteiger partial charge in [0.2, 0.25) is 0 Å². The summed E-state index contributed by atoms with van der Waals surface area (Å²) >= 11 is 15.5. The topological polar surface area (TPSA) is 72.4 Å². The Kier molecular flexibility index (Phi) is 8.98. The molecule has 0 atom stereocenters. The van der Waals surface area contributed by atoms with Gasteiger partial charge in [-0.05, 0) is 45.8 Å². The molecule has 2 aromatic rings. The van der Waals surface area contributed by atoms with E-state index in [1.165, 1.54) is 0 Å². The van der Waals surface area contributed by atoms with Crippen LogP contribution in [0, 0.1) is 0 Å². The highest BCUT2D eigenvalue weighted by Gasteiger charge is 2.14. The number of nitrogens with zero attached hydrogens (tertiary/aromatic N) is 2. The van der Waals surface area contributed by atoms with E-state index in [-0.39, 0.29) is 12.5 Å². The van der Waals surface area contributed by atoms with Crippen molar-refractivity contribution in [3.8, 4) is 11.5 Å². The van der Waals surface area contributed by atoms with Crippen LogP contribution in [0.4, 0.5) is 0 Å². The lowest BCUT2D eigenvalue weighted by molar-refractivity contribution is -0.123. The molecule has 0 spiro atoms. The van der Waals surface area contributed by atoms with E-state index < -0.39 is 0 Å². The van der Waals surface area contributed by atoms with Crippen LogP contribution in [0.25, 0.3) is 0 Å². The number of nitrogens with one attached hydrogen (secondary N) is 1. The van der Waals surface area contributed by atoms with Crippen LogP contribution in [-0.2, 0) is 16.1 Å². The highest BCUT2D eigenvalue weighted by Crippen LogP contribution is 2.34. The van der Waals surface area contributed by atoms with Gasteiger partial charge in [0.15, 0.2) is 11.5 Å². The Hall–Kier alpha value is -1.84. The zero-order chi connectivity index (χ0) is 22.2. The predicted molar refractivity (Wildman–Crippen MR) is 124 cm³/mol. The monoisotopic (exact) mass is 529 g/mol. The number of hydrogen-bond acceptors (Lipinski definition) is 6. The first-order chi connectivity index (χ1) is 15.0. The molecule has 0 aliphatic carbocycles. The summed E-state index contributed by atoms with van der Waals surface area (Å²) in [4.78, 5) is 14.1. The minimum absolute atomic E-state index is 0.178. The van der Waals surface area contributed by atoms with Crippen LogP contribution in [0.15, 0.2) is 39.9 Å². The van der Waals surface area contributed by atoms with Crippen LogP contribution in [-0.4, -0.2) is 57.0 Å². The molecule has 0 saturated carbocycles. The zero-order valence-corrected chi connectivity index (χ0v) is 20.0. The van der Waals surface area contributed by atoms with Crippen molar-refractivity contribution in [2.75, 3.05) is 40.0 Å². The number of carbonyl (C=O) groups is 1. The maximum Gasteiger partial charge on any atom is 0.254 e. The summed E-state index contributed by atoms with van der Waals surface area (Å²) in [5.74, 6) is 0.904. The molecule has 0 unspecified atom stereocenters. The smallest absolute Gasteiger partial charge is 0.254 e. The number of morpholine rings is 1. The van der Waals surface area contributed by atoms with Gasteiger partial charge in [-0.3, -0.25) is 9.69 Å². The number of benzene rings is 2. The largest absolute Gasteiger partial charge is 0.493 e. The highest BCUT2D eigenvalue weighted by molar-refractivity contribution is 9.10. The maximum atomic E-state index is 12.0. The van der Waals surface area contributed by atoms with Gasteiger partial charge in [0.1, 0.15) is 6.61 Å². The Balaban J connectivity index is 1.60. The molecule has 1 heterocycles. The van der Waals surface area contributed by atoms with Gasteiger partial charge in [0.25, 0.3) is 5.91 Å². The molecule has 1 fully saturated rings. The zero-order valence-electron chi connectivity index (χ0n) is 16.9. The Labute approximate surface area is 199 Å². The summed E-state index contributed by atoms with van der Waals surface area (Å²) in [7, 11) is 1.56. The van der Waals surface area contributed by atoms with E-state index in [1.54, 1.807) is 37.6 Å². The SMILES string of the molecule is COc1cc(/C=N\NC(=O)CN2CCOCC2)c(Br)cc1OCc1ccc(Cl)c(Cl)c1. The van der Waals surface area contributed by atoms with Crippen molar-refractivity contribution >= 4 is 51.3 Å². The Morgan fingerprint density at radius 3 is 2.71 bits per heavy atom. The van der Waals surface area contributed by atoms with Crippen LogP contribution < -0.4 is 14.9 Å². The lowest BCUT2D eigenvalue weighted by atomic mass is 10.2. The van der Waals surface area contributed by atoms with Crippen LogP contribution in [0.3, 0.4) is 0 Å². The Bertz CT molecular complexity index is 952. The molecule has 0 aromatic heterocycles. The number of hydrogen-bond donors (Lipinski definition) is 1.